The normalized spacial score (nSPS) is 15.2. The smallest absolute Gasteiger partial charge is 0.257 e. The molecule has 0 atom stereocenters. The minimum absolute atomic E-state index is 0.0550. The molecule has 5 nitrogen and oxygen atoms in total. The molecule has 0 aromatic heterocycles. The summed E-state index contributed by atoms with van der Waals surface area (Å²) in [6, 6.07) is 5.71. The molecule has 0 aliphatic heterocycles. The van der Waals surface area contributed by atoms with Gasteiger partial charge in [0.1, 0.15) is 0 Å². The fourth-order valence-electron chi connectivity index (χ4n) is 1.60. The van der Waals surface area contributed by atoms with Gasteiger partial charge in [0.25, 0.3) is 10.0 Å². The van der Waals surface area contributed by atoms with Gasteiger partial charge in [-0.15, -0.1) is 4.83 Å². The zero-order valence-corrected chi connectivity index (χ0v) is 11.8. The lowest BCUT2D eigenvalue weighted by Crippen LogP contribution is -2.41. The van der Waals surface area contributed by atoms with Gasteiger partial charge in [0.2, 0.25) is 5.91 Å². The lowest BCUT2D eigenvalue weighted by Gasteiger charge is -2.08. The molecule has 7 heteroatoms. The van der Waals surface area contributed by atoms with Gasteiger partial charge in [-0.2, -0.15) is 0 Å². The molecule has 1 amide bonds. The van der Waals surface area contributed by atoms with Gasteiger partial charge >= 0.3 is 0 Å². The van der Waals surface area contributed by atoms with Crippen LogP contribution in [0.1, 0.15) is 25.7 Å². The number of halogens is 1. The average Bonchev–Trinajstić information content (AvgIpc) is 3.18. The summed E-state index contributed by atoms with van der Waals surface area (Å²) in [6.07, 6.45) is 3.50. The molecule has 0 bridgehead atoms. The SMILES string of the molecule is O=C(CCC1CC1)NNS(=O)(=O)c1ccc(Cl)cc1. The molecular weight excluding hydrogens is 288 g/mol. The number of carbonyl (C=O) groups is 1. The van der Waals surface area contributed by atoms with Crippen LogP contribution in [0.25, 0.3) is 0 Å². The second-order valence-corrected chi connectivity index (χ2v) is 6.71. The number of carbonyl (C=O) groups excluding carboxylic acids is 1. The molecule has 1 aliphatic carbocycles. The largest absolute Gasteiger partial charge is 0.278 e. The Morgan fingerprint density at radius 3 is 2.47 bits per heavy atom. The molecule has 1 aliphatic rings. The van der Waals surface area contributed by atoms with Gasteiger partial charge in [-0.05, 0) is 36.6 Å². The summed E-state index contributed by atoms with van der Waals surface area (Å²) < 4.78 is 23.7. The van der Waals surface area contributed by atoms with Crippen molar-refractivity contribution in [2.75, 3.05) is 0 Å². The van der Waals surface area contributed by atoms with Gasteiger partial charge in [0.05, 0.1) is 4.90 Å². The van der Waals surface area contributed by atoms with Crippen molar-refractivity contribution in [2.24, 2.45) is 5.92 Å². The van der Waals surface area contributed by atoms with Gasteiger partial charge in [0.15, 0.2) is 0 Å². The fraction of sp³-hybridized carbons (Fsp3) is 0.417. The van der Waals surface area contributed by atoms with Gasteiger partial charge in [-0.3, -0.25) is 10.2 Å². The summed E-state index contributed by atoms with van der Waals surface area (Å²) in [6.45, 7) is 0. The van der Waals surface area contributed by atoms with Gasteiger partial charge in [-0.1, -0.05) is 24.4 Å². The van der Waals surface area contributed by atoms with Crippen LogP contribution in [0.4, 0.5) is 0 Å². The van der Waals surface area contributed by atoms with Crippen LogP contribution in [-0.2, 0) is 14.8 Å². The van der Waals surface area contributed by atoms with Crippen molar-refractivity contribution in [3.05, 3.63) is 29.3 Å². The van der Waals surface area contributed by atoms with Crippen LogP contribution in [0.2, 0.25) is 5.02 Å². The summed E-state index contributed by atoms with van der Waals surface area (Å²) in [7, 11) is -3.74. The van der Waals surface area contributed by atoms with Crippen molar-refractivity contribution < 1.29 is 13.2 Å². The van der Waals surface area contributed by atoms with Crippen molar-refractivity contribution in [1.82, 2.24) is 10.3 Å². The molecule has 2 rings (SSSR count). The Hall–Kier alpha value is -1.11. The van der Waals surface area contributed by atoms with Crippen LogP contribution in [0.3, 0.4) is 0 Å². The Kier molecular flexibility index (Phi) is 4.44. The van der Waals surface area contributed by atoms with E-state index < -0.39 is 10.0 Å². The van der Waals surface area contributed by atoms with Crippen molar-refractivity contribution in [3.8, 4) is 0 Å². The summed E-state index contributed by atoms with van der Waals surface area (Å²) in [5.41, 5.74) is 2.21. The first-order chi connectivity index (χ1) is 8.97. The van der Waals surface area contributed by atoms with Crippen molar-refractivity contribution >= 4 is 27.5 Å². The summed E-state index contributed by atoms with van der Waals surface area (Å²) in [5, 5.41) is 0.451. The summed E-state index contributed by atoms with van der Waals surface area (Å²) in [5.74, 6) is 0.322. The van der Waals surface area contributed by atoms with Crippen LogP contribution in [-0.4, -0.2) is 14.3 Å². The van der Waals surface area contributed by atoms with Gasteiger partial charge < -0.3 is 0 Å². The zero-order chi connectivity index (χ0) is 13.9. The van der Waals surface area contributed by atoms with E-state index in [2.05, 4.69) is 10.3 Å². The molecular formula is C12H15ClN2O3S. The number of hydrogen-bond acceptors (Lipinski definition) is 3. The zero-order valence-electron chi connectivity index (χ0n) is 10.2. The van der Waals surface area contributed by atoms with E-state index in [1.165, 1.54) is 37.1 Å². The van der Waals surface area contributed by atoms with E-state index >= 15 is 0 Å². The highest BCUT2D eigenvalue weighted by atomic mass is 35.5. The molecule has 19 heavy (non-hydrogen) atoms. The number of rotatable bonds is 6. The molecule has 1 aromatic rings. The molecule has 0 radical (unpaired) electrons. The van der Waals surface area contributed by atoms with Gasteiger partial charge in [-0.25, -0.2) is 8.42 Å². The van der Waals surface area contributed by atoms with Crippen LogP contribution in [0.5, 0.6) is 0 Å². The predicted molar refractivity (Wildman–Crippen MR) is 71.9 cm³/mol. The highest BCUT2D eigenvalue weighted by Crippen LogP contribution is 2.33. The first kappa shape index (κ1) is 14.3. The second-order valence-electron chi connectivity index (χ2n) is 4.59. The lowest BCUT2D eigenvalue weighted by molar-refractivity contribution is -0.121. The van der Waals surface area contributed by atoms with E-state index in [0.717, 1.165) is 6.42 Å². The third-order valence-corrected chi connectivity index (χ3v) is 4.44. The molecule has 0 spiro atoms. The van der Waals surface area contributed by atoms with Crippen LogP contribution in [0, 0.1) is 5.92 Å². The Morgan fingerprint density at radius 1 is 1.26 bits per heavy atom. The summed E-state index contributed by atoms with van der Waals surface area (Å²) in [4.78, 5) is 13.6. The van der Waals surface area contributed by atoms with Gasteiger partial charge in [0, 0.05) is 11.4 Å². The molecule has 104 valence electrons. The van der Waals surface area contributed by atoms with Crippen molar-refractivity contribution in [3.63, 3.8) is 0 Å². The Balaban J connectivity index is 1.86. The molecule has 1 aromatic carbocycles. The number of benzene rings is 1. The third-order valence-electron chi connectivity index (χ3n) is 2.93. The highest BCUT2D eigenvalue weighted by Gasteiger charge is 2.22. The maximum atomic E-state index is 11.8. The van der Waals surface area contributed by atoms with E-state index in [1.807, 2.05) is 0 Å². The van der Waals surface area contributed by atoms with Crippen LogP contribution in [0.15, 0.2) is 29.2 Å². The molecule has 0 saturated heterocycles. The van der Waals surface area contributed by atoms with Crippen molar-refractivity contribution in [2.45, 2.75) is 30.6 Å². The monoisotopic (exact) mass is 302 g/mol. The highest BCUT2D eigenvalue weighted by molar-refractivity contribution is 7.89. The number of hydrogen-bond donors (Lipinski definition) is 2. The third kappa shape index (κ3) is 4.49. The van der Waals surface area contributed by atoms with E-state index in [0.29, 0.717) is 17.4 Å². The van der Waals surface area contributed by atoms with E-state index in [9.17, 15) is 13.2 Å². The minimum Gasteiger partial charge on any atom is -0.278 e. The van der Waals surface area contributed by atoms with E-state index in [4.69, 9.17) is 11.6 Å². The second kappa shape index (κ2) is 5.90. The Labute approximate surface area is 117 Å². The number of amides is 1. The Morgan fingerprint density at radius 2 is 1.89 bits per heavy atom. The first-order valence-electron chi connectivity index (χ1n) is 6.03. The maximum Gasteiger partial charge on any atom is 0.257 e. The number of nitrogens with one attached hydrogen (secondary N) is 2. The minimum atomic E-state index is -3.74. The predicted octanol–water partition coefficient (Wildman–Crippen LogP) is 1.84. The standard InChI is InChI=1S/C12H15ClN2O3S/c13-10-4-6-11(7-5-10)19(17,18)15-14-12(16)8-3-9-1-2-9/h4-7,9,15H,1-3,8H2,(H,14,16). The molecule has 1 fully saturated rings. The first-order valence-corrected chi connectivity index (χ1v) is 7.90. The molecule has 2 N–H and O–H groups in total. The quantitative estimate of drug-likeness (QED) is 0.787. The fourth-order valence-corrected chi connectivity index (χ4v) is 2.59. The van der Waals surface area contributed by atoms with Crippen molar-refractivity contribution in [1.29, 1.82) is 0 Å². The van der Waals surface area contributed by atoms with E-state index in [1.54, 1.807) is 0 Å². The average molecular weight is 303 g/mol. The lowest BCUT2D eigenvalue weighted by atomic mass is 10.2. The number of sulfonamides is 1. The van der Waals surface area contributed by atoms with Crippen LogP contribution < -0.4 is 10.3 Å². The summed E-state index contributed by atoms with van der Waals surface area (Å²) >= 11 is 5.68. The molecule has 0 unspecified atom stereocenters. The Bertz CT molecular complexity index is 553. The molecule has 1 saturated carbocycles. The maximum absolute atomic E-state index is 11.8. The van der Waals surface area contributed by atoms with E-state index in [-0.39, 0.29) is 10.8 Å². The topological polar surface area (TPSA) is 75.3 Å². The number of hydrazine groups is 1. The van der Waals surface area contributed by atoms with Crippen LogP contribution >= 0.6 is 11.6 Å². The molecule has 0 heterocycles.